The molecule has 0 saturated carbocycles. The standard InChI is InChI=1S/C22H13N4/c1-24-20-10-9-17(12-23)19-14-25-13-18-8-7-16(15-5-3-2-4-6-15)11-21(18)26(25)22(19)20/h2-11,14H,13H2/q+1. The Kier molecular flexibility index (Phi) is 2.95. The molecule has 0 amide bonds. The van der Waals surface area contributed by atoms with Crippen LogP contribution >= 0.6 is 0 Å². The molecule has 1 aliphatic rings. The fraction of sp³-hybridized carbons (Fsp3) is 0.0455. The van der Waals surface area contributed by atoms with E-state index in [9.17, 15) is 5.26 Å². The first-order valence-electron chi connectivity index (χ1n) is 8.34. The second-order valence-electron chi connectivity index (χ2n) is 6.37. The molecule has 120 valence electrons. The Balaban J connectivity index is 1.81. The summed E-state index contributed by atoms with van der Waals surface area (Å²) in [6, 6.07) is 22.4. The molecule has 1 aromatic heterocycles. The Bertz CT molecular complexity index is 1270. The van der Waals surface area contributed by atoms with Gasteiger partial charge in [0, 0.05) is 5.56 Å². The Morgan fingerprint density at radius 3 is 2.65 bits per heavy atom. The zero-order chi connectivity index (χ0) is 17.7. The van der Waals surface area contributed by atoms with Crippen LogP contribution in [0.4, 0.5) is 5.69 Å². The van der Waals surface area contributed by atoms with E-state index in [1.165, 1.54) is 5.56 Å². The smallest absolute Gasteiger partial charge is 0.217 e. The van der Waals surface area contributed by atoms with Crippen molar-refractivity contribution in [3.8, 4) is 22.9 Å². The lowest BCUT2D eigenvalue weighted by atomic mass is 10.0. The van der Waals surface area contributed by atoms with Crippen molar-refractivity contribution in [1.82, 2.24) is 4.68 Å². The summed E-state index contributed by atoms with van der Waals surface area (Å²) in [6.45, 7) is 8.27. The van der Waals surface area contributed by atoms with Crippen LogP contribution in [-0.2, 0) is 6.54 Å². The number of aromatic nitrogens is 2. The third-order valence-electron chi connectivity index (χ3n) is 4.94. The van der Waals surface area contributed by atoms with Gasteiger partial charge in [-0.05, 0) is 23.3 Å². The summed E-state index contributed by atoms with van der Waals surface area (Å²) in [5, 5.41) is 10.3. The Hall–Kier alpha value is -3.89. The molecule has 1 aliphatic heterocycles. The maximum Gasteiger partial charge on any atom is 0.217 e. The molecule has 0 radical (unpaired) electrons. The monoisotopic (exact) mass is 333 g/mol. The molecule has 3 aromatic carbocycles. The number of benzene rings is 3. The second kappa shape index (κ2) is 5.31. The third-order valence-corrected chi connectivity index (χ3v) is 4.94. The zero-order valence-corrected chi connectivity index (χ0v) is 13.8. The van der Waals surface area contributed by atoms with E-state index in [-0.39, 0.29) is 0 Å². The van der Waals surface area contributed by atoms with Gasteiger partial charge in [0.1, 0.15) is 11.2 Å². The van der Waals surface area contributed by atoms with Crippen molar-refractivity contribution in [2.75, 3.05) is 0 Å². The van der Waals surface area contributed by atoms with Crippen LogP contribution in [0.2, 0.25) is 0 Å². The Labute approximate surface area is 150 Å². The lowest BCUT2D eigenvalue weighted by Crippen LogP contribution is -2.36. The van der Waals surface area contributed by atoms with Crippen LogP contribution in [0, 0.1) is 17.9 Å². The molecule has 0 N–H and O–H groups in total. The first-order valence-corrected chi connectivity index (χ1v) is 8.34. The SMILES string of the molecule is [C-]#[N+]c1ccc(C#N)c2c[n+]3n(c12)-c1cc(-c2ccccc2)ccc1C3. The van der Waals surface area contributed by atoms with Gasteiger partial charge in [-0.25, -0.2) is 4.85 Å². The molecule has 0 spiro atoms. The molecule has 4 aromatic rings. The van der Waals surface area contributed by atoms with Crippen LogP contribution in [-0.4, -0.2) is 4.68 Å². The lowest BCUT2D eigenvalue weighted by molar-refractivity contribution is -0.749. The van der Waals surface area contributed by atoms with E-state index in [4.69, 9.17) is 6.57 Å². The summed E-state index contributed by atoms with van der Waals surface area (Å²) < 4.78 is 4.16. The van der Waals surface area contributed by atoms with Crippen molar-refractivity contribution in [3.63, 3.8) is 0 Å². The van der Waals surface area contributed by atoms with E-state index in [2.05, 4.69) is 50.6 Å². The fourth-order valence-electron chi connectivity index (χ4n) is 3.73. The van der Waals surface area contributed by atoms with E-state index in [0.29, 0.717) is 11.3 Å². The summed E-state index contributed by atoms with van der Waals surface area (Å²) in [5.41, 5.74) is 6.56. The molecule has 0 unspecified atom stereocenters. The second-order valence-corrected chi connectivity index (χ2v) is 6.37. The molecule has 0 aliphatic carbocycles. The van der Waals surface area contributed by atoms with Crippen molar-refractivity contribution in [2.45, 2.75) is 6.54 Å². The van der Waals surface area contributed by atoms with E-state index in [1.807, 2.05) is 24.4 Å². The maximum absolute atomic E-state index is 9.43. The number of hydrogen-bond donors (Lipinski definition) is 0. The summed E-state index contributed by atoms with van der Waals surface area (Å²) in [6.07, 6.45) is 1.98. The summed E-state index contributed by atoms with van der Waals surface area (Å²) in [4.78, 5) is 3.68. The Morgan fingerprint density at radius 2 is 1.88 bits per heavy atom. The number of fused-ring (bicyclic) bond motifs is 5. The molecule has 2 heterocycles. The number of nitriles is 1. The maximum atomic E-state index is 9.43. The lowest BCUT2D eigenvalue weighted by Gasteiger charge is -2.05. The predicted octanol–water partition coefficient (Wildman–Crippen LogP) is 4.37. The summed E-state index contributed by atoms with van der Waals surface area (Å²) in [5.74, 6) is 0. The van der Waals surface area contributed by atoms with Crippen molar-refractivity contribution in [1.29, 1.82) is 5.26 Å². The number of hydrogen-bond acceptors (Lipinski definition) is 1. The van der Waals surface area contributed by atoms with Gasteiger partial charge in [0.2, 0.25) is 11.9 Å². The molecule has 0 bridgehead atoms. The van der Waals surface area contributed by atoms with Crippen molar-refractivity contribution in [2.24, 2.45) is 0 Å². The molecule has 0 atom stereocenters. The van der Waals surface area contributed by atoms with Crippen LogP contribution in [0.25, 0.3) is 32.6 Å². The van der Waals surface area contributed by atoms with Crippen LogP contribution in [0.5, 0.6) is 0 Å². The van der Waals surface area contributed by atoms with E-state index >= 15 is 0 Å². The van der Waals surface area contributed by atoms with Gasteiger partial charge in [-0.2, -0.15) is 5.26 Å². The fourth-order valence-corrected chi connectivity index (χ4v) is 3.73. The van der Waals surface area contributed by atoms with E-state index < -0.39 is 0 Å². The highest BCUT2D eigenvalue weighted by molar-refractivity contribution is 5.95. The normalized spacial score (nSPS) is 11.6. The molecule has 5 rings (SSSR count). The first-order chi connectivity index (χ1) is 12.8. The Morgan fingerprint density at radius 1 is 1.04 bits per heavy atom. The van der Waals surface area contributed by atoms with Crippen molar-refractivity contribution < 1.29 is 4.68 Å². The molecule has 4 heteroatoms. The third kappa shape index (κ3) is 1.90. The van der Waals surface area contributed by atoms with E-state index in [1.54, 1.807) is 12.1 Å². The predicted molar refractivity (Wildman–Crippen MR) is 99.0 cm³/mol. The van der Waals surface area contributed by atoms with E-state index in [0.717, 1.165) is 34.3 Å². The number of nitrogens with zero attached hydrogens (tertiary/aromatic N) is 4. The minimum atomic E-state index is 0.565. The molecule has 0 fully saturated rings. The van der Waals surface area contributed by atoms with Crippen LogP contribution in [0.15, 0.2) is 66.9 Å². The molecule has 26 heavy (non-hydrogen) atoms. The molecular formula is C22H13N4+. The van der Waals surface area contributed by atoms with Gasteiger partial charge in [-0.15, -0.1) is 9.36 Å². The molecular weight excluding hydrogens is 320 g/mol. The average Bonchev–Trinajstić information content (AvgIpc) is 3.23. The minimum Gasteiger partial charge on any atom is -0.236 e. The molecule has 4 nitrogen and oxygen atoms in total. The van der Waals surface area contributed by atoms with Gasteiger partial charge in [0.05, 0.1) is 23.6 Å². The minimum absolute atomic E-state index is 0.565. The van der Waals surface area contributed by atoms with Crippen LogP contribution in [0.3, 0.4) is 0 Å². The van der Waals surface area contributed by atoms with Crippen LogP contribution in [0.1, 0.15) is 11.1 Å². The van der Waals surface area contributed by atoms with Gasteiger partial charge in [0.25, 0.3) is 0 Å². The van der Waals surface area contributed by atoms with Crippen molar-refractivity contribution >= 4 is 16.6 Å². The highest BCUT2D eigenvalue weighted by Crippen LogP contribution is 2.34. The molecule has 0 saturated heterocycles. The highest BCUT2D eigenvalue weighted by atomic mass is 15.4. The average molecular weight is 333 g/mol. The van der Waals surface area contributed by atoms with Gasteiger partial charge in [-0.3, -0.25) is 0 Å². The largest absolute Gasteiger partial charge is 0.236 e. The quantitative estimate of drug-likeness (QED) is 0.331. The number of rotatable bonds is 1. The first kappa shape index (κ1) is 14.5. The summed E-state index contributed by atoms with van der Waals surface area (Å²) >= 11 is 0. The van der Waals surface area contributed by atoms with Gasteiger partial charge < -0.3 is 0 Å². The van der Waals surface area contributed by atoms with Crippen LogP contribution < -0.4 is 4.68 Å². The highest BCUT2D eigenvalue weighted by Gasteiger charge is 2.30. The van der Waals surface area contributed by atoms with Gasteiger partial charge in [0.15, 0.2) is 6.54 Å². The zero-order valence-electron chi connectivity index (χ0n) is 13.8. The summed E-state index contributed by atoms with van der Waals surface area (Å²) in [7, 11) is 0. The topological polar surface area (TPSA) is 37.0 Å². The van der Waals surface area contributed by atoms with Gasteiger partial charge >= 0.3 is 0 Å². The van der Waals surface area contributed by atoms with Gasteiger partial charge in [-0.1, -0.05) is 48.5 Å². The van der Waals surface area contributed by atoms with Crippen molar-refractivity contribution in [3.05, 3.63) is 89.4 Å².